The summed E-state index contributed by atoms with van der Waals surface area (Å²) in [5.74, 6) is 5.49. The zero-order valence-corrected chi connectivity index (χ0v) is 45.6. The highest BCUT2D eigenvalue weighted by molar-refractivity contribution is 5.29. The highest BCUT2D eigenvalue weighted by Gasteiger charge is 2.32. The number of pyridine rings is 4. The summed E-state index contributed by atoms with van der Waals surface area (Å²) in [4.78, 5) is 0. The van der Waals surface area contributed by atoms with Gasteiger partial charge in [0.15, 0.2) is 68.2 Å². The van der Waals surface area contributed by atoms with Crippen LogP contribution in [-0.2, 0) is 17.8 Å². The molecule has 0 radical (unpaired) electrons. The van der Waals surface area contributed by atoms with E-state index < -0.39 is 0 Å². The number of aromatic nitrogens is 4. The summed E-state index contributed by atoms with van der Waals surface area (Å²) in [7, 11) is 0. The first-order valence-electron chi connectivity index (χ1n) is 27.4. The maximum atomic E-state index is 12.4. The second kappa shape index (κ2) is 39.3. The molecule has 7 heteroatoms. The van der Waals surface area contributed by atoms with Crippen LogP contribution >= 0.6 is 0 Å². The summed E-state index contributed by atoms with van der Waals surface area (Å²) < 4.78 is 14.2. The molecule has 2 aliphatic carbocycles. The number of benzene rings is 2. The predicted octanol–water partition coefficient (Wildman–Crippen LogP) is 17.5. The minimum atomic E-state index is -0.138. The largest absolute Gasteiger partial charge is 0.632 e. The van der Waals surface area contributed by atoms with Crippen molar-refractivity contribution in [2.75, 3.05) is 26.3 Å². The van der Waals surface area contributed by atoms with Crippen LogP contribution in [0, 0.1) is 34.8 Å². The maximum absolute atomic E-state index is 12.4. The van der Waals surface area contributed by atoms with E-state index in [0.29, 0.717) is 44.7 Å². The maximum Gasteiger partial charge on any atom is 0.210 e. The van der Waals surface area contributed by atoms with Gasteiger partial charge >= 0.3 is 0 Å². The fraction of sp³-hybridized carbons (Fsp3) is 0.543. The molecule has 6 aromatic rings. The molecule has 0 amide bonds. The number of rotatable bonds is 11. The lowest BCUT2D eigenvalue weighted by Gasteiger charge is -2.45. The van der Waals surface area contributed by atoms with Crippen molar-refractivity contribution in [2.45, 2.75) is 196 Å². The molecule has 2 unspecified atom stereocenters. The fourth-order valence-corrected chi connectivity index (χ4v) is 10.00. The number of quaternary nitrogens is 1. The average Bonchev–Trinajstić information content (AvgIpc) is 3.90. The lowest BCUT2D eigenvalue weighted by Crippen LogP contribution is -2.49. The van der Waals surface area contributed by atoms with Crippen LogP contribution in [0.4, 0.5) is 0 Å². The van der Waals surface area contributed by atoms with Crippen LogP contribution in [0.2, 0.25) is 0 Å². The molecule has 0 spiro atoms. The monoisotopic (exact) mass is 1060 g/mol. The molecule has 3 fully saturated rings. The minimum Gasteiger partial charge on any atom is -0.632 e. The number of hydroxylamine groups is 3. The fourth-order valence-electron chi connectivity index (χ4n) is 10.00. The second-order valence-electron chi connectivity index (χ2n) is 22.1. The van der Waals surface area contributed by atoms with Gasteiger partial charge in [-0.2, -0.15) is 4.57 Å². The molecule has 1 saturated heterocycles. The molecule has 77 heavy (non-hydrogen) atoms. The molecule has 2 atom stereocenters. The SMILES string of the molecule is C.C.C.C.C.C.CC(C)C1CCC([n+]2ccccc2)C1.CC(C)C1CCC([n+]2ccccc2)CC1.CC(C)C[n+]1ccccc1.CC(C)c1ccc(-[n+]2ccccc2)cc1.CC(C)c1ccc(C[N+]2([O-])CCOCC2)cc1. The Kier molecular flexibility index (Phi) is 37.8. The van der Waals surface area contributed by atoms with Crippen LogP contribution in [0.3, 0.4) is 0 Å². The lowest BCUT2D eigenvalue weighted by atomic mass is 9.79. The van der Waals surface area contributed by atoms with Crippen molar-refractivity contribution in [2.24, 2.45) is 29.6 Å². The van der Waals surface area contributed by atoms with Crippen molar-refractivity contribution < 1.29 is 27.7 Å². The number of nitrogens with zero attached hydrogens (tertiary/aromatic N) is 5. The molecule has 7 nitrogen and oxygen atoms in total. The Hall–Kier alpha value is -5.08. The van der Waals surface area contributed by atoms with Gasteiger partial charge < -0.3 is 14.6 Å². The van der Waals surface area contributed by atoms with Crippen molar-refractivity contribution in [3.8, 4) is 5.69 Å². The first kappa shape index (κ1) is 74.0. The molecular formula is C70H117N5O2+4. The van der Waals surface area contributed by atoms with E-state index in [1.54, 1.807) is 0 Å². The van der Waals surface area contributed by atoms with E-state index in [-0.39, 0.29) is 49.2 Å². The molecule has 9 rings (SSSR count). The van der Waals surface area contributed by atoms with Gasteiger partial charge in [0.2, 0.25) is 5.69 Å². The van der Waals surface area contributed by atoms with E-state index in [0.717, 1.165) is 53.8 Å². The predicted molar refractivity (Wildman–Crippen MR) is 333 cm³/mol. The van der Waals surface area contributed by atoms with E-state index in [4.69, 9.17) is 4.74 Å². The van der Waals surface area contributed by atoms with E-state index in [9.17, 15) is 5.21 Å². The minimum absolute atomic E-state index is 0. The second-order valence-corrected chi connectivity index (χ2v) is 22.1. The molecule has 5 heterocycles. The molecule has 0 bridgehead atoms. The molecule has 430 valence electrons. The van der Waals surface area contributed by atoms with Crippen molar-refractivity contribution in [1.29, 1.82) is 0 Å². The van der Waals surface area contributed by atoms with Crippen molar-refractivity contribution in [3.05, 3.63) is 193 Å². The number of hydrogen-bond donors (Lipinski definition) is 0. The van der Waals surface area contributed by atoms with E-state index in [1.807, 2.05) is 24.3 Å². The van der Waals surface area contributed by atoms with Crippen LogP contribution in [-0.4, -0.2) is 30.9 Å². The van der Waals surface area contributed by atoms with E-state index >= 15 is 0 Å². The molecular weight excluding hydrogens is 943 g/mol. The van der Waals surface area contributed by atoms with Crippen LogP contribution in [0.15, 0.2) is 171 Å². The van der Waals surface area contributed by atoms with Crippen molar-refractivity contribution >= 4 is 0 Å². The van der Waals surface area contributed by atoms with Gasteiger partial charge in [0.1, 0.15) is 19.6 Å². The number of ether oxygens (including phenoxy) is 1. The van der Waals surface area contributed by atoms with Crippen molar-refractivity contribution in [3.63, 3.8) is 0 Å². The van der Waals surface area contributed by atoms with Gasteiger partial charge in [-0.3, -0.25) is 0 Å². The van der Waals surface area contributed by atoms with E-state index in [1.165, 1.54) is 61.8 Å². The quantitative estimate of drug-likeness (QED) is 0.0737. The first-order valence-corrected chi connectivity index (χ1v) is 27.4. The normalized spacial score (nSPS) is 17.9. The molecule has 4 aromatic heterocycles. The summed E-state index contributed by atoms with van der Waals surface area (Å²) >= 11 is 0. The summed E-state index contributed by atoms with van der Waals surface area (Å²) in [6, 6.07) is 43.6. The van der Waals surface area contributed by atoms with Crippen LogP contribution in [0.1, 0.15) is 199 Å². The summed E-state index contributed by atoms with van der Waals surface area (Å²) in [5, 5.41) is 12.4. The Labute approximate surface area is 475 Å². The standard InChI is InChI=1S/C14H21NO2.C14H22N.C14H16N.C13H20N.C9H14N.6CH4/c1-12(2)14-5-3-13(4-6-14)11-15(16)7-9-17-10-8-15;2*1-12(2)13-6-8-14(9-7-13)15-10-4-3-5-11-15;1-11(2)12-6-7-13(10-12)14-8-4-3-5-9-14;1-9(2)8-10-6-4-3-5-7-10;;;;;;/h3-6,12H,7-11H2,1-2H3;3-5,10-14H,6-9H2,1-2H3;3-12H,1-2H3;3-5,8-9,11-13H,6-7,10H2,1-2H3;3-7,9H,8H2,1-2H3;6*1H4/q;4*+1;;;;;;. The topological polar surface area (TPSA) is 47.8 Å². The Morgan fingerprint density at radius 2 is 0.857 bits per heavy atom. The van der Waals surface area contributed by atoms with Gasteiger partial charge in [0.05, 0.1) is 13.2 Å². The van der Waals surface area contributed by atoms with Gasteiger partial charge in [-0.05, 0) is 65.9 Å². The zero-order valence-electron chi connectivity index (χ0n) is 45.6. The molecule has 0 N–H and O–H groups in total. The Morgan fingerprint density at radius 1 is 0.468 bits per heavy atom. The molecule has 2 aromatic carbocycles. The van der Waals surface area contributed by atoms with Crippen molar-refractivity contribution in [1.82, 2.24) is 0 Å². The van der Waals surface area contributed by atoms with Gasteiger partial charge in [0, 0.05) is 97.8 Å². The third-order valence-electron chi connectivity index (χ3n) is 14.7. The Morgan fingerprint density at radius 3 is 1.27 bits per heavy atom. The number of hydrogen-bond acceptors (Lipinski definition) is 2. The number of morpholine rings is 1. The smallest absolute Gasteiger partial charge is 0.210 e. The molecule has 3 aliphatic rings. The Bertz CT molecular complexity index is 2270. The van der Waals surface area contributed by atoms with Gasteiger partial charge in [-0.1, -0.05) is 174 Å². The molecule has 2 saturated carbocycles. The van der Waals surface area contributed by atoms with Gasteiger partial charge in [-0.15, -0.1) is 0 Å². The summed E-state index contributed by atoms with van der Waals surface area (Å²) in [6.45, 7) is 26.7. The highest BCUT2D eigenvalue weighted by atomic mass is 16.6. The Balaban J connectivity index is 0. The van der Waals surface area contributed by atoms with Gasteiger partial charge in [0.25, 0.3) is 0 Å². The third-order valence-corrected chi connectivity index (χ3v) is 14.7. The van der Waals surface area contributed by atoms with Crippen LogP contribution in [0.25, 0.3) is 5.69 Å². The highest BCUT2D eigenvalue weighted by Crippen LogP contribution is 2.36. The lowest BCUT2D eigenvalue weighted by molar-refractivity contribution is -0.901. The van der Waals surface area contributed by atoms with Crippen LogP contribution in [0.5, 0.6) is 0 Å². The summed E-state index contributed by atoms with van der Waals surface area (Å²) in [6.07, 6.45) is 26.8. The van der Waals surface area contributed by atoms with E-state index in [2.05, 4.69) is 234 Å². The first-order chi connectivity index (χ1) is 34.2. The average molecular weight is 1060 g/mol. The van der Waals surface area contributed by atoms with Gasteiger partial charge in [-0.25, -0.2) is 13.7 Å². The third kappa shape index (κ3) is 26.4. The molecule has 1 aliphatic heterocycles. The van der Waals surface area contributed by atoms with Crippen LogP contribution < -0.4 is 18.3 Å². The summed E-state index contributed by atoms with van der Waals surface area (Å²) in [5.41, 5.74) is 5.05. The zero-order chi connectivity index (χ0) is 51.0.